The van der Waals surface area contributed by atoms with Crippen LogP contribution in [-0.4, -0.2) is 11.2 Å². The molecular formula is C17H10Cl2F3N3O. The molecule has 0 fully saturated rings. The highest BCUT2D eigenvalue weighted by molar-refractivity contribution is 6.43. The molecule has 0 saturated heterocycles. The minimum Gasteiger partial charge on any atom is -0.455 e. The van der Waals surface area contributed by atoms with Crippen molar-refractivity contribution in [2.45, 2.75) is 6.18 Å². The number of hydrazone groups is 1. The summed E-state index contributed by atoms with van der Waals surface area (Å²) in [4.78, 5) is 3.64. The van der Waals surface area contributed by atoms with Crippen molar-refractivity contribution in [3.05, 3.63) is 70.0 Å². The van der Waals surface area contributed by atoms with Gasteiger partial charge >= 0.3 is 6.18 Å². The van der Waals surface area contributed by atoms with Gasteiger partial charge in [-0.25, -0.2) is 4.98 Å². The fourth-order valence-corrected chi connectivity index (χ4v) is 2.44. The van der Waals surface area contributed by atoms with E-state index in [-0.39, 0.29) is 5.82 Å². The SMILES string of the molecule is FC(F)(F)c1ccc(N/N=C/c2ccc(-c3cccc(Cl)c3Cl)o2)nc1. The molecule has 0 aliphatic rings. The Morgan fingerprint density at radius 3 is 2.58 bits per heavy atom. The van der Waals surface area contributed by atoms with Crippen LogP contribution in [0.4, 0.5) is 19.0 Å². The highest BCUT2D eigenvalue weighted by atomic mass is 35.5. The van der Waals surface area contributed by atoms with Gasteiger partial charge in [0.2, 0.25) is 0 Å². The molecule has 0 amide bonds. The van der Waals surface area contributed by atoms with Gasteiger partial charge in [-0.3, -0.25) is 5.43 Å². The predicted octanol–water partition coefficient (Wildman–Crippen LogP) is 6.11. The zero-order valence-electron chi connectivity index (χ0n) is 12.9. The van der Waals surface area contributed by atoms with Crippen molar-refractivity contribution >= 4 is 35.2 Å². The topological polar surface area (TPSA) is 50.4 Å². The smallest absolute Gasteiger partial charge is 0.417 e. The number of anilines is 1. The first-order valence-electron chi connectivity index (χ1n) is 7.21. The maximum Gasteiger partial charge on any atom is 0.417 e. The summed E-state index contributed by atoms with van der Waals surface area (Å²) in [5, 5.41) is 4.66. The fraction of sp³-hybridized carbons (Fsp3) is 0.0588. The van der Waals surface area contributed by atoms with Gasteiger partial charge in [0.25, 0.3) is 0 Å². The van der Waals surface area contributed by atoms with Crippen LogP contribution in [0.25, 0.3) is 11.3 Å². The molecule has 0 atom stereocenters. The number of halogens is 5. The number of aromatic nitrogens is 1. The van der Waals surface area contributed by atoms with Gasteiger partial charge in [-0.2, -0.15) is 18.3 Å². The summed E-state index contributed by atoms with van der Waals surface area (Å²) in [6, 6.07) is 10.6. The molecule has 0 saturated carbocycles. The molecule has 0 spiro atoms. The minimum atomic E-state index is -4.43. The Bertz CT molecular complexity index is 937. The molecule has 4 nitrogen and oxygen atoms in total. The second-order valence-corrected chi connectivity index (χ2v) is 5.89. The van der Waals surface area contributed by atoms with Crippen LogP contribution in [0.2, 0.25) is 10.0 Å². The summed E-state index contributed by atoms with van der Waals surface area (Å²) in [5.41, 5.74) is 2.33. The molecule has 1 aromatic carbocycles. The molecule has 0 unspecified atom stereocenters. The molecule has 2 aromatic heterocycles. The van der Waals surface area contributed by atoms with Crippen LogP contribution in [0.5, 0.6) is 0 Å². The van der Waals surface area contributed by atoms with E-state index in [4.69, 9.17) is 27.6 Å². The lowest BCUT2D eigenvalue weighted by Gasteiger charge is -2.06. The number of nitrogens with one attached hydrogen (secondary N) is 1. The summed E-state index contributed by atoms with van der Waals surface area (Å²) >= 11 is 12.1. The molecule has 134 valence electrons. The average Bonchev–Trinajstić information content (AvgIpc) is 3.06. The number of rotatable bonds is 4. The summed E-state index contributed by atoms with van der Waals surface area (Å²) in [6.45, 7) is 0. The van der Waals surface area contributed by atoms with Gasteiger partial charge in [-0.05, 0) is 36.4 Å². The van der Waals surface area contributed by atoms with Crippen LogP contribution in [0.3, 0.4) is 0 Å². The maximum atomic E-state index is 12.5. The second kappa shape index (κ2) is 7.39. The van der Waals surface area contributed by atoms with Crippen LogP contribution in [0, 0.1) is 0 Å². The first kappa shape index (κ1) is 18.3. The van der Waals surface area contributed by atoms with Crippen LogP contribution in [0.15, 0.2) is 58.2 Å². The number of nitrogens with zero attached hydrogens (tertiary/aromatic N) is 2. The standard InChI is InChI=1S/C17H10Cl2F3N3O/c18-13-3-1-2-12(16(13)19)14-6-5-11(26-14)9-24-25-15-7-4-10(8-23-15)17(20,21)22/h1-9H,(H,23,25)/b24-9+. The molecule has 3 aromatic rings. The quantitative estimate of drug-likeness (QED) is 0.425. The van der Waals surface area contributed by atoms with E-state index in [0.717, 1.165) is 12.3 Å². The third-order valence-corrected chi connectivity index (χ3v) is 4.12. The van der Waals surface area contributed by atoms with Gasteiger partial charge in [0.15, 0.2) is 0 Å². The largest absolute Gasteiger partial charge is 0.455 e. The Hall–Kier alpha value is -2.51. The van der Waals surface area contributed by atoms with Crippen molar-refractivity contribution in [1.82, 2.24) is 4.98 Å². The van der Waals surface area contributed by atoms with Crippen molar-refractivity contribution in [3.8, 4) is 11.3 Å². The van der Waals surface area contributed by atoms with Crippen molar-refractivity contribution in [1.29, 1.82) is 0 Å². The van der Waals surface area contributed by atoms with Crippen molar-refractivity contribution in [3.63, 3.8) is 0 Å². The summed E-state index contributed by atoms with van der Waals surface area (Å²) in [6.07, 6.45) is -2.34. The maximum absolute atomic E-state index is 12.5. The molecule has 0 aliphatic heterocycles. The lowest BCUT2D eigenvalue weighted by molar-refractivity contribution is -0.137. The summed E-state index contributed by atoms with van der Waals surface area (Å²) < 4.78 is 43.0. The molecular weight excluding hydrogens is 390 g/mol. The zero-order chi connectivity index (χ0) is 18.7. The van der Waals surface area contributed by atoms with Gasteiger partial charge in [-0.1, -0.05) is 29.3 Å². The number of hydrogen-bond donors (Lipinski definition) is 1. The van der Waals surface area contributed by atoms with Gasteiger partial charge in [0.05, 0.1) is 21.8 Å². The number of pyridine rings is 1. The molecule has 0 radical (unpaired) electrons. The Labute approximate surface area is 156 Å². The van der Waals surface area contributed by atoms with E-state index in [2.05, 4.69) is 15.5 Å². The molecule has 1 N–H and O–H groups in total. The van der Waals surface area contributed by atoms with Gasteiger partial charge in [0, 0.05) is 11.8 Å². The molecule has 0 bridgehead atoms. The van der Waals surface area contributed by atoms with E-state index >= 15 is 0 Å². The Morgan fingerprint density at radius 2 is 1.88 bits per heavy atom. The highest BCUT2D eigenvalue weighted by Gasteiger charge is 2.30. The van der Waals surface area contributed by atoms with Gasteiger partial charge in [-0.15, -0.1) is 0 Å². The van der Waals surface area contributed by atoms with Crippen LogP contribution < -0.4 is 5.43 Å². The molecule has 0 aliphatic carbocycles. The lowest BCUT2D eigenvalue weighted by atomic mass is 10.2. The van der Waals surface area contributed by atoms with Gasteiger partial charge in [0.1, 0.15) is 17.3 Å². The average molecular weight is 400 g/mol. The Balaban J connectivity index is 1.68. The normalized spacial score (nSPS) is 11.9. The van der Waals surface area contributed by atoms with Crippen LogP contribution >= 0.6 is 23.2 Å². The number of benzene rings is 1. The molecule has 3 rings (SSSR count). The minimum absolute atomic E-state index is 0.166. The van der Waals surface area contributed by atoms with E-state index in [1.165, 1.54) is 12.3 Å². The van der Waals surface area contributed by atoms with Crippen LogP contribution in [-0.2, 0) is 6.18 Å². The first-order chi connectivity index (χ1) is 12.3. The number of hydrogen-bond acceptors (Lipinski definition) is 4. The zero-order valence-corrected chi connectivity index (χ0v) is 14.4. The fourth-order valence-electron chi connectivity index (χ4n) is 2.05. The van der Waals surface area contributed by atoms with E-state index in [9.17, 15) is 13.2 Å². The van der Waals surface area contributed by atoms with E-state index < -0.39 is 11.7 Å². The summed E-state index contributed by atoms with van der Waals surface area (Å²) in [5.74, 6) is 1.08. The second-order valence-electron chi connectivity index (χ2n) is 5.10. The lowest BCUT2D eigenvalue weighted by Crippen LogP contribution is -2.05. The van der Waals surface area contributed by atoms with Crippen molar-refractivity contribution < 1.29 is 17.6 Å². The van der Waals surface area contributed by atoms with E-state index in [1.807, 2.05) is 0 Å². The van der Waals surface area contributed by atoms with Gasteiger partial charge < -0.3 is 4.42 Å². The van der Waals surface area contributed by atoms with Crippen molar-refractivity contribution in [2.75, 3.05) is 5.43 Å². The van der Waals surface area contributed by atoms with Crippen molar-refractivity contribution in [2.24, 2.45) is 5.10 Å². The van der Waals surface area contributed by atoms with Crippen LogP contribution in [0.1, 0.15) is 11.3 Å². The summed E-state index contributed by atoms with van der Waals surface area (Å²) in [7, 11) is 0. The predicted molar refractivity (Wildman–Crippen MR) is 94.6 cm³/mol. The number of furan rings is 1. The molecule has 9 heteroatoms. The Kier molecular flexibility index (Phi) is 5.20. The monoisotopic (exact) mass is 399 g/mol. The highest BCUT2D eigenvalue weighted by Crippen LogP contribution is 2.34. The molecule has 2 heterocycles. The third-order valence-electron chi connectivity index (χ3n) is 3.31. The van der Waals surface area contributed by atoms with E-state index in [1.54, 1.807) is 30.3 Å². The number of alkyl halides is 3. The third kappa shape index (κ3) is 4.17. The molecule has 26 heavy (non-hydrogen) atoms. The van der Waals surface area contributed by atoms with E-state index in [0.29, 0.717) is 27.1 Å². The Morgan fingerprint density at radius 1 is 1.08 bits per heavy atom. The first-order valence-corrected chi connectivity index (χ1v) is 7.97.